The fourth-order valence-electron chi connectivity index (χ4n) is 4.05. The fraction of sp³-hybridized carbons (Fsp3) is 0.200. The van der Waals surface area contributed by atoms with E-state index >= 15 is 0 Å². The molecule has 12 heteroatoms. The average Bonchev–Trinajstić information content (AvgIpc) is 3.48. The van der Waals surface area contributed by atoms with Crippen LogP contribution in [0.25, 0.3) is 45.2 Å². The second-order valence-corrected chi connectivity index (χ2v) is 8.28. The van der Waals surface area contributed by atoms with E-state index in [4.69, 9.17) is 4.42 Å². The number of pyridine rings is 1. The van der Waals surface area contributed by atoms with E-state index in [2.05, 4.69) is 25.5 Å². The van der Waals surface area contributed by atoms with Crippen LogP contribution in [0.5, 0.6) is 0 Å². The maximum atomic E-state index is 14.2. The molecule has 0 atom stereocenters. The molecule has 5 aromatic rings. The van der Waals surface area contributed by atoms with Gasteiger partial charge in [-0.1, -0.05) is 6.07 Å². The van der Waals surface area contributed by atoms with Crippen LogP contribution in [0.4, 0.5) is 23.4 Å². The summed E-state index contributed by atoms with van der Waals surface area (Å²) < 4.78 is 62.6. The van der Waals surface area contributed by atoms with E-state index in [1.807, 2.05) is 6.92 Å². The number of benzene rings is 2. The molecule has 37 heavy (non-hydrogen) atoms. The molecule has 0 fully saturated rings. The van der Waals surface area contributed by atoms with E-state index in [-0.39, 0.29) is 22.7 Å². The van der Waals surface area contributed by atoms with E-state index in [1.54, 1.807) is 29.8 Å². The second-order valence-electron chi connectivity index (χ2n) is 8.28. The van der Waals surface area contributed by atoms with Crippen LogP contribution in [0.15, 0.2) is 53.2 Å². The summed E-state index contributed by atoms with van der Waals surface area (Å²) in [5.74, 6) is 0.226. The fourth-order valence-corrected chi connectivity index (χ4v) is 4.05. The Kier molecular flexibility index (Phi) is 6.12. The number of aliphatic hydroxyl groups is 1. The van der Waals surface area contributed by atoms with Gasteiger partial charge in [-0.05, 0) is 60.0 Å². The number of nitrogens with zero attached hydrogens (tertiary/aromatic N) is 5. The second kappa shape index (κ2) is 9.28. The van der Waals surface area contributed by atoms with Crippen molar-refractivity contribution < 1.29 is 27.1 Å². The van der Waals surface area contributed by atoms with Crippen LogP contribution in [0.3, 0.4) is 0 Å². The van der Waals surface area contributed by atoms with E-state index in [1.165, 1.54) is 24.5 Å². The Bertz CT molecular complexity index is 1610. The zero-order valence-electron chi connectivity index (χ0n) is 19.6. The highest BCUT2D eigenvalue weighted by Crippen LogP contribution is 2.39. The van der Waals surface area contributed by atoms with Gasteiger partial charge in [-0.15, -0.1) is 10.2 Å². The van der Waals surface area contributed by atoms with Gasteiger partial charge in [0, 0.05) is 19.2 Å². The Hall–Kier alpha value is -4.32. The molecule has 5 rings (SSSR count). The zero-order chi connectivity index (χ0) is 26.3. The molecule has 0 aliphatic heterocycles. The lowest BCUT2D eigenvalue weighted by Crippen LogP contribution is -2.06. The van der Waals surface area contributed by atoms with Crippen molar-refractivity contribution >= 4 is 16.9 Å². The molecule has 0 aliphatic carbocycles. The first-order valence-corrected chi connectivity index (χ1v) is 11.2. The highest BCUT2D eigenvalue weighted by atomic mass is 19.4. The van der Waals surface area contributed by atoms with Crippen LogP contribution in [-0.4, -0.2) is 36.4 Å². The third kappa shape index (κ3) is 4.62. The van der Waals surface area contributed by atoms with Crippen molar-refractivity contribution in [2.75, 3.05) is 11.9 Å². The number of oxazole rings is 1. The number of nitrogens with one attached hydrogen (secondary N) is 1. The molecule has 0 spiro atoms. The molecule has 190 valence electrons. The standard InChI is InChI=1S/C25H20F4N6O2/c1-3-30-21-9-14(16-5-4-15(26)10-17(16)23-34-31-12-35(23)2)8-20(32-21)24-33-19-7-13(11-36)6-18(22(19)37-24)25(27,28)29/h4-10,12,36H,3,11H2,1-2H3,(H,30,32). The van der Waals surface area contributed by atoms with Gasteiger partial charge in [0.25, 0.3) is 0 Å². The Balaban J connectivity index is 1.72. The highest BCUT2D eigenvalue weighted by Gasteiger charge is 2.35. The molecule has 3 heterocycles. The summed E-state index contributed by atoms with van der Waals surface area (Å²) in [7, 11) is 1.73. The van der Waals surface area contributed by atoms with E-state index in [0.717, 1.165) is 6.07 Å². The number of aryl methyl sites for hydroxylation is 1. The summed E-state index contributed by atoms with van der Waals surface area (Å²) in [5.41, 5.74) is 0.281. The van der Waals surface area contributed by atoms with Crippen LogP contribution in [0.2, 0.25) is 0 Å². The predicted octanol–water partition coefficient (Wildman–Crippen LogP) is 5.43. The molecule has 0 radical (unpaired) electrons. The lowest BCUT2D eigenvalue weighted by molar-refractivity contribution is -0.136. The van der Waals surface area contributed by atoms with Crippen LogP contribution < -0.4 is 5.32 Å². The number of aliphatic hydroxyl groups excluding tert-OH is 1. The van der Waals surface area contributed by atoms with Crippen molar-refractivity contribution in [1.29, 1.82) is 0 Å². The topological polar surface area (TPSA) is 102 Å². The lowest BCUT2D eigenvalue weighted by atomic mass is 9.98. The average molecular weight is 512 g/mol. The minimum absolute atomic E-state index is 0.0503. The number of anilines is 1. The predicted molar refractivity (Wildman–Crippen MR) is 128 cm³/mol. The molecule has 2 N–H and O–H groups in total. The maximum absolute atomic E-state index is 14.2. The Labute approximate surface area is 207 Å². The van der Waals surface area contributed by atoms with E-state index in [0.29, 0.717) is 34.9 Å². The molecule has 0 saturated heterocycles. The number of alkyl halides is 3. The van der Waals surface area contributed by atoms with Gasteiger partial charge in [0.2, 0.25) is 5.89 Å². The molecule has 8 nitrogen and oxygen atoms in total. The van der Waals surface area contributed by atoms with Crippen LogP contribution >= 0.6 is 0 Å². The number of hydrogen-bond donors (Lipinski definition) is 2. The highest BCUT2D eigenvalue weighted by molar-refractivity contribution is 5.85. The first-order valence-electron chi connectivity index (χ1n) is 11.2. The maximum Gasteiger partial charge on any atom is 0.420 e. The Morgan fingerprint density at radius 1 is 1.05 bits per heavy atom. The minimum atomic E-state index is -4.72. The van der Waals surface area contributed by atoms with Crippen molar-refractivity contribution in [2.24, 2.45) is 7.05 Å². The number of halogens is 4. The first-order chi connectivity index (χ1) is 17.7. The molecule has 2 aromatic carbocycles. The van der Waals surface area contributed by atoms with Crippen molar-refractivity contribution in [2.45, 2.75) is 19.7 Å². The van der Waals surface area contributed by atoms with Crippen LogP contribution in [0.1, 0.15) is 18.1 Å². The quantitative estimate of drug-likeness (QED) is 0.292. The zero-order valence-corrected chi connectivity index (χ0v) is 19.6. The summed E-state index contributed by atoms with van der Waals surface area (Å²) in [6.07, 6.45) is -3.23. The SMILES string of the molecule is CCNc1cc(-c2ccc(F)cc2-c2nncn2C)cc(-c2nc3cc(CO)cc(C(F)(F)F)c3o2)n1. The van der Waals surface area contributed by atoms with Gasteiger partial charge in [0.05, 0.1) is 6.61 Å². The summed E-state index contributed by atoms with van der Waals surface area (Å²) >= 11 is 0. The van der Waals surface area contributed by atoms with Gasteiger partial charge in [-0.25, -0.2) is 14.4 Å². The summed E-state index contributed by atoms with van der Waals surface area (Å²) in [6.45, 7) is 1.79. The molecular weight excluding hydrogens is 492 g/mol. The van der Waals surface area contributed by atoms with Gasteiger partial charge in [0.15, 0.2) is 11.4 Å². The number of fused-ring (bicyclic) bond motifs is 1. The summed E-state index contributed by atoms with van der Waals surface area (Å²) in [4.78, 5) is 8.72. The molecule has 3 aromatic heterocycles. The third-order valence-corrected chi connectivity index (χ3v) is 5.69. The van der Waals surface area contributed by atoms with Crippen molar-refractivity contribution in [3.63, 3.8) is 0 Å². The number of hydrogen-bond acceptors (Lipinski definition) is 7. The van der Waals surface area contributed by atoms with Crippen molar-refractivity contribution in [1.82, 2.24) is 24.7 Å². The monoisotopic (exact) mass is 512 g/mol. The van der Waals surface area contributed by atoms with Gasteiger partial charge in [0.1, 0.15) is 34.7 Å². The number of rotatable bonds is 6. The molecule has 0 bridgehead atoms. The van der Waals surface area contributed by atoms with Gasteiger partial charge in [-0.3, -0.25) is 0 Å². The number of aromatic nitrogens is 5. The normalized spacial score (nSPS) is 11.9. The largest absolute Gasteiger partial charge is 0.434 e. The minimum Gasteiger partial charge on any atom is -0.434 e. The molecule has 0 aliphatic rings. The summed E-state index contributed by atoms with van der Waals surface area (Å²) in [5, 5.41) is 20.5. The third-order valence-electron chi connectivity index (χ3n) is 5.69. The smallest absolute Gasteiger partial charge is 0.420 e. The van der Waals surface area contributed by atoms with Crippen LogP contribution in [-0.2, 0) is 19.8 Å². The molecule has 0 amide bonds. The first kappa shape index (κ1) is 24.4. The molecular formula is C25H20F4N6O2. The van der Waals surface area contributed by atoms with Gasteiger partial charge >= 0.3 is 6.18 Å². The Morgan fingerprint density at radius 3 is 2.54 bits per heavy atom. The van der Waals surface area contributed by atoms with E-state index in [9.17, 15) is 22.7 Å². The Morgan fingerprint density at radius 2 is 1.86 bits per heavy atom. The van der Waals surface area contributed by atoms with Crippen molar-refractivity contribution in [3.8, 4) is 34.1 Å². The molecule has 0 saturated carbocycles. The molecule has 0 unspecified atom stereocenters. The van der Waals surface area contributed by atoms with Crippen molar-refractivity contribution in [3.05, 3.63) is 65.7 Å². The van der Waals surface area contributed by atoms with Gasteiger partial charge < -0.3 is 19.4 Å². The van der Waals surface area contributed by atoms with E-state index < -0.39 is 29.7 Å². The van der Waals surface area contributed by atoms with Gasteiger partial charge in [-0.2, -0.15) is 13.2 Å². The lowest BCUT2D eigenvalue weighted by Gasteiger charge is -2.12. The summed E-state index contributed by atoms with van der Waals surface area (Å²) in [6, 6.07) is 9.70. The van der Waals surface area contributed by atoms with Crippen LogP contribution in [0, 0.1) is 5.82 Å².